The van der Waals surface area contributed by atoms with Gasteiger partial charge in [-0.25, -0.2) is 5.06 Å². The zero-order chi connectivity index (χ0) is 18.6. The first kappa shape index (κ1) is 19.7. The summed E-state index contributed by atoms with van der Waals surface area (Å²) in [4.78, 5) is 17.8. The van der Waals surface area contributed by atoms with Gasteiger partial charge in [-0.3, -0.25) is 9.63 Å². The van der Waals surface area contributed by atoms with Crippen LogP contribution in [-0.4, -0.2) is 17.6 Å². The molecule has 0 aliphatic rings. The van der Waals surface area contributed by atoms with Gasteiger partial charge in [0, 0.05) is 6.42 Å². The normalized spacial score (nSPS) is 10.8. The van der Waals surface area contributed by atoms with E-state index in [4.69, 9.17) is 4.84 Å². The van der Waals surface area contributed by atoms with Crippen LogP contribution in [0.3, 0.4) is 0 Å². The Kier molecular flexibility index (Phi) is 8.37. The van der Waals surface area contributed by atoms with Crippen molar-refractivity contribution in [1.82, 2.24) is 5.06 Å². The standard InChI is InChI=1S/C23H27NO2/c1-3-5-18-26-24(23(25)9-4-2)19-22-16-14-21(15-17-22)13-12-20-10-7-6-8-11-20/h3-8,10-11,14-17H,2,9,12-13,18-19H2,1H3/b5-3-. The predicted molar refractivity (Wildman–Crippen MR) is 106 cm³/mol. The van der Waals surface area contributed by atoms with Crippen LogP contribution in [0.2, 0.25) is 0 Å². The molecule has 2 aromatic carbocycles. The summed E-state index contributed by atoms with van der Waals surface area (Å²) < 4.78 is 0. The van der Waals surface area contributed by atoms with Crippen molar-refractivity contribution in [3.8, 4) is 0 Å². The molecule has 2 aromatic rings. The van der Waals surface area contributed by atoms with Gasteiger partial charge < -0.3 is 0 Å². The molecule has 0 aliphatic carbocycles. The summed E-state index contributed by atoms with van der Waals surface area (Å²) in [6.07, 6.45) is 7.67. The monoisotopic (exact) mass is 349 g/mol. The lowest BCUT2D eigenvalue weighted by Crippen LogP contribution is -2.30. The molecular weight excluding hydrogens is 322 g/mol. The van der Waals surface area contributed by atoms with Crippen molar-refractivity contribution >= 4 is 5.91 Å². The number of rotatable bonds is 10. The van der Waals surface area contributed by atoms with Crippen molar-refractivity contribution in [1.29, 1.82) is 0 Å². The largest absolute Gasteiger partial charge is 0.272 e. The molecule has 0 aliphatic heterocycles. The molecule has 0 saturated heterocycles. The third kappa shape index (κ3) is 6.69. The van der Waals surface area contributed by atoms with E-state index in [1.165, 1.54) is 16.2 Å². The van der Waals surface area contributed by atoms with Crippen LogP contribution in [0.4, 0.5) is 0 Å². The summed E-state index contributed by atoms with van der Waals surface area (Å²) in [6.45, 7) is 6.37. The summed E-state index contributed by atoms with van der Waals surface area (Å²) in [5, 5.41) is 1.42. The molecule has 3 nitrogen and oxygen atoms in total. The number of carbonyl (C=O) groups is 1. The maximum absolute atomic E-state index is 12.2. The summed E-state index contributed by atoms with van der Waals surface area (Å²) in [5.74, 6) is -0.0855. The minimum absolute atomic E-state index is 0.0855. The second-order valence-electron chi connectivity index (χ2n) is 6.09. The Morgan fingerprint density at radius 3 is 2.23 bits per heavy atom. The van der Waals surface area contributed by atoms with Gasteiger partial charge in [0.05, 0.1) is 13.2 Å². The number of benzene rings is 2. The lowest BCUT2D eigenvalue weighted by atomic mass is 10.0. The van der Waals surface area contributed by atoms with Crippen molar-refractivity contribution in [2.24, 2.45) is 0 Å². The van der Waals surface area contributed by atoms with Gasteiger partial charge >= 0.3 is 0 Å². The van der Waals surface area contributed by atoms with Gasteiger partial charge in [-0.1, -0.05) is 72.8 Å². The lowest BCUT2D eigenvalue weighted by Gasteiger charge is -2.21. The van der Waals surface area contributed by atoms with Crippen LogP contribution in [0.25, 0.3) is 0 Å². The first-order chi connectivity index (χ1) is 12.7. The smallest absolute Gasteiger partial charge is 0.250 e. The number of hydrogen-bond donors (Lipinski definition) is 0. The predicted octanol–water partition coefficient (Wildman–Crippen LogP) is 4.88. The number of carbonyl (C=O) groups excluding carboxylic acids is 1. The molecule has 26 heavy (non-hydrogen) atoms. The Labute approximate surface area is 156 Å². The van der Waals surface area contributed by atoms with E-state index in [0.717, 1.165) is 18.4 Å². The fourth-order valence-corrected chi connectivity index (χ4v) is 2.57. The van der Waals surface area contributed by atoms with Gasteiger partial charge in [0.1, 0.15) is 0 Å². The molecular formula is C23H27NO2. The van der Waals surface area contributed by atoms with Crippen LogP contribution in [0.5, 0.6) is 0 Å². The number of nitrogens with zero attached hydrogens (tertiary/aromatic N) is 1. The first-order valence-corrected chi connectivity index (χ1v) is 9.00. The van der Waals surface area contributed by atoms with Gasteiger partial charge in [0.25, 0.3) is 0 Å². The molecule has 1 amide bonds. The fraction of sp³-hybridized carbons (Fsp3) is 0.261. The minimum Gasteiger partial charge on any atom is -0.272 e. The molecule has 0 N–H and O–H groups in total. The maximum Gasteiger partial charge on any atom is 0.250 e. The lowest BCUT2D eigenvalue weighted by molar-refractivity contribution is -0.184. The minimum atomic E-state index is -0.0855. The molecule has 0 heterocycles. The Morgan fingerprint density at radius 2 is 1.62 bits per heavy atom. The van der Waals surface area contributed by atoms with Crippen LogP contribution in [0, 0.1) is 0 Å². The Morgan fingerprint density at radius 1 is 1.00 bits per heavy atom. The molecule has 136 valence electrons. The van der Waals surface area contributed by atoms with E-state index in [2.05, 4.69) is 55.1 Å². The molecule has 0 radical (unpaired) electrons. The van der Waals surface area contributed by atoms with Gasteiger partial charge in [0.15, 0.2) is 0 Å². The highest BCUT2D eigenvalue weighted by atomic mass is 16.7. The van der Waals surface area contributed by atoms with Crippen molar-refractivity contribution in [3.05, 3.63) is 96.1 Å². The number of hydrogen-bond acceptors (Lipinski definition) is 2. The molecule has 0 aromatic heterocycles. The van der Waals surface area contributed by atoms with Gasteiger partial charge in [-0.15, -0.1) is 6.58 Å². The van der Waals surface area contributed by atoms with Crippen LogP contribution in [0.15, 0.2) is 79.4 Å². The van der Waals surface area contributed by atoms with E-state index in [9.17, 15) is 4.79 Å². The number of amides is 1. The Balaban J connectivity index is 1.93. The molecule has 0 saturated carbocycles. The third-order valence-corrected chi connectivity index (χ3v) is 4.05. The van der Waals surface area contributed by atoms with Crippen LogP contribution >= 0.6 is 0 Å². The third-order valence-electron chi connectivity index (χ3n) is 4.05. The number of allylic oxidation sites excluding steroid dienone is 1. The first-order valence-electron chi connectivity index (χ1n) is 9.00. The average Bonchev–Trinajstić information content (AvgIpc) is 2.68. The second-order valence-corrected chi connectivity index (χ2v) is 6.09. The fourth-order valence-electron chi connectivity index (χ4n) is 2.57. The summed E-state index contributed by atoms with van der Waals surface area (Å²) >= 11 is 0. The molecule has 2 rings (SSSR count). The van der Waals surface area contributed by atoms with Crippen LogP contribution < -0.4 is 0 Å². The van der Waals surface area contributed by atoms with Crippen molar-refractivity contribution in [2.75, 3.05) is 6.61 Å². The SMILES string of the molecule is C=CCC(=O)N(Cc1ccc(CCc2ccccc2)cc1)OC/C=C\C. The van der Waals surface area contributed by atoms with E-state index < -0.39 is 0 Å². The number of aryl methyl sites for hydroxylation is 2. The second kappa shape index (κ2) is 11.1. The topological polar surface area (TPSA) is 29.5 Å². The van der Waals surface area contributed by atoms with Gasteiger partial charge in [0.2, 0.25) is 5.91 Å². The quantitative estimate of drug-likeness (QED) is 0.452. The summed E-state index contributed by atoms with van der Waals surface area (Å²) in [6, 6.07) is 18.9. The highest BCUT2D eigenvalue weighted by molar-refractivity contribution is 5.76. The van der Waals surface area contributed by atoms with Gasteiger partial charge in [-0.2, -0.15) is 0 Å². The summed E-state index contributed by atoms with van der Waals surface area (Å²) in [5.41, 5.74) is 3.68. The Bertz CT molecular complexity index is 705. The van der Waals surface area contributed by atoms with E-state index in [1.54, 1.807) is 6.08 Å². The van der Waals surface area contributed by atoms with Crippen LogP contribution in [-0.2, 0) is 29.0 Å². The molecule has 0 fully saturated rings. The van der Waals surface area contributed by atoms with E-state index in [0.29, 0.717) is 13.2 Å². The maximum atomic E-state index is 12.2. The van der Waals surface area contributed by atoms with E-state index >= 15 is 0 Å². The molecule has 0 bridgehead atoms. The highest BCUT2D eigenvalue weighted by Crippen LogP contribution is 2.12. The zero-order valence-corrected chi connectivity index (χ0v) is 15.4. The average molecular weight is 349 g/mol. The molecule has 0 unspecified atom stereocenters. The van der Waals surface area contributed by atoms with Crippen molar-refractivity contribution in [2.45, 2.75) is 32.7 Å². The van der Waals surface area contributed by atoms with E-state index in [-0.39, 0.29) is 12.3 Å². The van der Waals surface area contributed by atoms with E-state index in [1.807, 2.05) is 25.1 Å². The number of hydroxylamine groups is 2. The highest BCUT2D eigenvalue weighted by Gasteiger charge is 2.13. The molecule has 0 atom stereocenters. The van der Waals surface area contributed by atoms with Crippen molar-refractivity contribution < 1.29 is 9.63 Å². The Hall–Kier alpha value is -2.65. The van der Waals surface area contributed by atoms with Gasteiger partial charge in [-0.05, 0) is 36.5 Å². The zero-order valence-electron chi connectivity index (χ0n) is 15.4. The molecule has 0 spiro atoms. The van der Waals surface area contributed by atoms with Crippen LogP contribution in [0.1, 0.15) is 30.0 Å². The molecule has 3 heteroatoms. The van der Waals surface area contributed by atoms with Crippen molar-refractivity contribution in [3.63, 3.8) is 0 Å². The summed E-state index contributed by atoms with van der Waals surface area (Å²) in [7, 11) is 0.